The number of para-hydroxylation sites is 2. The van der Waals surface area contributed by atoms with Gasteiger partial charge in [-0.25, -0.2) is 8.42 Å². The fourth-order valence-corrected chi connectivity index (χ4v) is 2.91. The van der Waals surface area contributed by atoms with Gasteiger partial charge in [-0.1, -0.05) is 23.7 Å². The second-order valence-electron chi connectivity index (χ2n) is 5.55. The maximum Gasteiger partial charge on any atom is 0.422 e. The highest BCUT2D eigenvalue weighted by atomic mass is 35.5. The van der Waals surface area contributed by atoms with Crippen LogP contribution in [-0.2, 0) is 10.0 Å². The number of sulfonamides is 1. The van der Waals surface area contributed by atoms with E-state index in [-0.39, 0.29) is 33.5 Å². The second-order valence-corrected chi connectivity index (χ2v) is 8.00. The van der Waals surface area contributed by atoms with Crippen LogP contribution in [0.3, 0.4) is 0 Å². The van der Waals surface area contributed by atoms with Crippen LogP contribution in [-0.4, -0.2) is 32.9 Å². The zero-order valence-corrected chi connectivity index (χ0v) is 16.1. The molecule has 0 aliphatic heterocycles. The van der Waals surface area contributed by atoms with Crippen LogP contribution < -0.4 is 14.8 Å². The number of halogens is 4. The minimum absolute atomic E-state index is 0.0129. The first-order chi connectivity index (χ1) is 13.0. The van der Waals surface area contributed by atoms with Crippen molar-refractivity contribution in [1.82, 2.24) is 0 Å². The second kappa shape index (κ2) is 8.70. The fraction of sp³-hybridized carbons (Fsp3) is 0.235. The molecule has 1 amide bonds. The average Bonchev–Trinajstić information content (AvgIpc) is 2.61. The van der Waals surface area contributed by atoms with Gasteiger partial charge < -0.3 is 10.1 Å². The molecule has 0 saturated heterocycles. The van der Waals surface area contributed by atoms with Gasteiger partial charge in [0.05, 0.1) is 22.7 Å². The number of nitrogens with one attached hydrogen (secondary N) is 2. The van der Waals surface area contributed by atoms with Crippen molar-refractivity contribution in [2.45, 2.75) is 13.1 Å². The number of hydrogen-bond acceptors (Lipinski definition) is 4. The van der Waals surface area contributed by atoms with Crippen molar-refractivity contribution in [2.24, 2.45) is 0 Å². The van der Waals surface area contributed by atoms with E-state index in [0.717, 1.165) is 0 Å². The SMILES string of the molecule is CCS(=O)(=O)Nc1ccc(Cl)cc1C(=O)Nc1ccccc1OCC(F)(F)F. The maximum atomic E-state index is 12.6. The molecule has 0 aliphatic carbocycles. The number of ether oxygens (including phenoxy) is 1. The Kier molecular flexibility index (Phi) is 6.78. The first kappa shape index (κ1) is 21.8. The quantitative estimate of drug-likeness (QED) is 0.678. The number of anilines is 2. The minimum Gasteiger partial charge on any atom is -0.482 e. The summed E-state index contributed by atoms with van der Waals surface area (Å²) in [6.07, 6.45) is -4.55. The molecule has 6 nitrogen and oxygen atoms in total. The lowest BCUT2D eigenvalue weighted by molar-refractivity contribution is -0.153. The molecule has 0 unspecified atom stereocenters. The van der Waals surface area contributed by atoms with Gasteiger partial charge in [0.2, 0.25) is 10.0 Å². The van der Waals surface area contributed by atoms with Crippen LogP contribution >= 0.6 is 11.6 Å². The number of carbonyl (C=O) groups excluding carboxylic acids is 1. The summed E-state index contributed by atoms with van der Waals surface area (Å²) in [4.78, 5) is 12.6. The lowest BCUT2D eigenvalue weighted by atomic mass is 10.1. The highest BCUT2D eigenvalue weighted by Gasteiger charge is 2.29. The van der Waals surface area contributed by atoms with Crippen LogP contribution in [0.1, 0.15) is 17.3 Å². The summed E-state index contributed by atoms with van der Waals surface area (Å²) >= 11 is 5.89. The molecular formula is C17H16ClF3N2O4S. The number of hydrogen-bond donors (Lipinski definition) is 2. The third kappa shape index (κ3) is 6.31. The van der Waals surface area contributed by atoms with Gasteiger partial charge in [0.25, 0.3) is 5.91 Å². The van der Waals surface area contributed by atoms with Gasteiger partial charge in [0, 0.05) is 5.02 Å². The molecule has 152 valence electrons. The molecular weight excluding hydrogens is 421 g/mol. The highest BCUT2D eigenvalue weighted by Crippen LogP contribution is 2.28. The van der Waals surface area contributed by atoms with Gasteiger partial charge in [0.1, 0.15) is 5.75 Å². The Morgan fingerprint density at radius 1 is 1.14 bits per heavy atom. The average molecular weight is 437 g/mol. The lowest BCUT2D eigenvalue weighted by Gasteiger charge is -2.15. The third-order valence-electron chi connectivity index (χ3n) is 3.40. The summed E-state index contributed by atoms with van der Waals surface area (Å²) in [7, 11) is -3.67. The van der Waals surface area contributed by atoms with Crippen LogP contribution in [0, 0.1) is 0 Å². The van der Waals surface area contributed by atoms with Gasteiger partial charge in [-0.3, -0.25) is 9.52 Å². The topological polar surface area (TPSA) is 84.5 Å². The summed E-state index contributed by atoms with van der Waals surface area (Å²) in [5, 5.41) is 2.58. The summed E-state index contributed by atoms with van der Waals surface area (Å²) in [5.74, 6) is -1.18. The molecule has 0 fully saturated rings. The van der Waals surface area contributed by atoms with Crippen molar-refractivity contribution in [2.75, 3.05) is 22.4 Å². The van der Waals surface area contributed by atoms with Crippen molar-refractivity contribution in [3.63, 3.8) is 0 Å². The predicted octanol–water partition coefficient (Wildman–Crippen LogP) is 4.30. The molecule has 2 aromatic carbocycles. The Morgan fingerprint density at radius 3 is 2.46 bits per heavy atom. The molecule has 0 bridgehead atoms. The molecule has 2 aromatic rings. The first-order valence-corrected chi connectivity index (χ1v) is 9.94. The van der Waals surface area contributed by atoms with Crippen LogP contribution in [0.25, 0.3) is 0 Å². The summed E-state index contributed by atoms with van der Waals surface area (Å²) < 4.78 is 67.8. The van der Waals surface area contributed by atoms with Gasteiger partial charge in [-0.2, -0.15) is 13.2 Å². The Hall–Kier alpha value is -2.46. The van der Waals surface area contributed by atoms with E-state index in [0.29, 0.717) is 0 Å². The van der Waals surface area contributed by atoms with Crippen molar-refractivity contribution >= 4 is 38.9 Å². The van der Waals surface area contributed by atoms with E-state index in [9.17, 15) is 26.4 Å². The van der Waals surface area contributed by atoms with E-state index in [4.69, 9.17) is 16.3 Å². The standard InChI is InChI=1S/C17H16ClF3N2O4S/c1-2-28(25,26)23-13-8-7-11(18)9-12(13)16(24)22-14-5-3-4-6-15(14)27-10-17(19,20)21/h3-9,23H,2,10H2,1H3,(H,22,24). The van der Waals surface area contributed by atoms with Crippen molar-refractivity contribution in [3.8, 4) is 5.75 Å². The van der Waals surface area contributed by atoms with Crippen molar-refractivity contribution in [3.05, 3.63) is 53.1 Å². The summed E-state index contributed by atoms with van der Waals surface area (Å²) in [6, 6.07) is 9.51. The fourth-order valence-electron chi connectivity index (χ4n) is 2.08. The van der Waals surface area contributed by atoms with Crippen LogP contribution in [0.15, 0.2) is 42.5 Å². The number of amides is 1. The number of carbonyl (C=O) groups is 1. The maximum absolute atomic E-state index is 12.6. The summed E-state index contributed by atoms with van der Waals surface area (Å²) in [5.41, 5.74) is -0.131. The van der Waals surface area contributed by atoms with E-state index in [1.165, 1.54) is 49.4 Å². The van der Waals surface area contributed by atoms with Gasteiger partial charge >= 0.3 is 6.18 Å². The van der Waals surface area contributed by atoms with Crippen LogP contribution in [0.5, 0.6) is 5.75 Å². The smallest absolute Gasteiger partial charge is 0.422 e. The third-order valence-corrected chi connectivity index (χ3v) is 4.92. The first-order valence-electron chi connectivity index (χ1n) is 7.91. The lowest BCUT2D eigenvalue weighted by Crippen LogP contribution is -2.21. The normalized spacial score (nSPS) is 11.8. The molecule has 2 N–H and O–H groups in total. The molecule has 0 aromatic heterocycles. The molecule has 11 heteroatoms. The molecule has 0 atom stereocenters. The van der Waals surface area contributed by atoms with Crippen molar-refractivity contribution in [1.29, 1.82) is 0 Å². The van der Waals surface area contributed by atoms with Gasteiger partial charge in [-0.05, 0) is 37.3 Å². The molecule has 0 spiro atoms. The molecule has 28 heavy (non-hydrogen) atoms. The number of benzene rings is 2. The van der Waals surface area contributed by atoms with E-state index < -0.39 is 28.7 Å². The number of rotatable bonds is 7. The predicted molar refractivity (Wildman–Crippen MR) is 100 cm³/mol. The zero-order valence-electron chi connectivity index (χ0n) is 14.5. The van der Waals surface area contributed by atoms with Crippen LogP contribution in [0.4, 0.5) is 24.5 Å². The molecule has 0 aliphatic rings. The van der Waals surface area contributed by atoms with Gasteiger partial charge in [-0.15, -0.1) is 0 Å². The van der Waals surface area contributed by atoms with Crippen molar-refractivity contribution < 1.29 is 31.1 Å². The Balaban J connectivity index is 2.30. The molecule has 0 radical (unpaired) electrons. The molecule has 0 heterocycles. The Morgan fingerprint density at radius 2 is 1.82 bits per heavy atom. The summed E-state index contributed by atoms with van der Waals surface area (Å²) in [6.45, 7) is -0.106. The van der Waals surface area contributed by atoms with E-state index in [1.54, 1.807) is 0 Å². The van der Waals surface area contributed by atoms with Crippen LogP contribution in [0.2, 0.25) is 5.02 Å². The minimum atomic E-state index is -4.55. The molecule has 0 saturated carbocycles. The van der Waals surface area contributed by atoms with E-state index in [2.05, 4.69) is 10.0 Å². The van der Waals surface area contributed by atoms with E-state index in [1.807, 2.05) is 0 Å². The molecule has 2 rings (SSSR count). The Labute approximate surface area is 164 Å². The van der Waals surface area contributed by atoms with Gasteiger partial charge in [0.15, 0.2) is 6.61 Å². The monoisotopic (exact) mass is 436 g/mol. The Bertz CT molecular complexity index is 965. The highest BCUT2D eigenvalue weighted by molar-refractivity contribution is 7.92. The largest absolute Gasteiger partial charge is 0.482 e. The van der Waals surface area contributed by atoms with E-state index >= 15 is 0 Å². The number of alkyl halides is 3. The zero-order chi connectivity index (χ0) is 20.9.